The van der Waals surface area contributed by atoms with Crippen LogP contribution in [0.25, 0.3) is 10.3 Å². The minimum atomic E-state index is 0.177. The highest BCUT2D eigenvalue weighted by molar-refractivity contribution is 7.99. The summed E-state index contributed by atoms with van der Waals surface area (Å²) in [4.78, 5) is 20.3. The predicted octanol–water partition coefficient (Wildman–Crippen LogP) is 5.52. The molecule has 3 nitrogen and oxygen atoms in total. The van der Waals surface area contributed by atoms with Gasteiger partial charge in [-0.25, -0.2) is 4.98 Å². The van der Waals surface area contributed by atoms with Crippen LogP contribution < -0.4 is 5.43 Å². The Morgan fingerprint density at radius 3 is 2.74 bits per heavy atom. The van der Waals surface area contributed by atoms with Gasteiger partial charge in [-0.15, -0.1) is 11.3 Å². The van der Waals surface area contributed by atoms with Gasteiger partial charge in [-0.1, -0.05) is 55.9 Å². The second-order valence-corrected chi connectivity index (χ2v) is 9.84. The first kappa shape index (κ1) is 18.8. The number of thioether (sulfide) groups is 1. The number of aromatic nitrogens is 2. The molecule has 1 aliphatic rings. The molecular weight excluding hydrogens is 372 g/mol. The number of aryl methyl sites for hydroxylation is 1. The van der Waals surface area contributed by atoms with Crippen molar-refractivity contribution >= 4 is 33.4 Å². The van der Waals surface area contributed by atoms with E-state index in [1.165, 1.54) is 16.9 Å². The summed E-state index contributed by atoms with van der Waals surface area (Å²) in [5.41, 5.74) is 3.14. The number of rotatable bonds is 6. The van der Waals surface area contributed by atoms with E-state index in [4.69, 9.17) is 4.98 Å². The van der Waals surface area contributed by atoms with Crippen LogP contribution in [0.1, 0.15) is 49.1 Å². The molecule has 0 saturated heterocycles. The molecule has 142 valence electrons. The molecule has 3 aromatic rings. The molecule has 0 amide bonds. The van der Waals surface area contributed by atoms with Crippen molar-refractivity contribution in [1.29, 1.82) is 0 Å². The van der Waals surface area contributed by atoms with Gasteiger partial charge in [0.15, 0.2) is 5.16 Å². The fraction of sp³-hybridized carbons (Fsp3) is 0.455. The van der Waals surface area contributed by atoms with Crippen molar-refractivity contribution in [3.8, 4) is 0 Å². The smallest absolute Gasteiger partial charge is 0.211 e. The Hall–Kier alpha value is -1.59. The Morgan fingerprint density at radius 2 is 1.96 bits per heavy atom. The van der Waals surface area contributed by atoms with Crippen molar-refractivity contribution in [3.05, 3.63) is 56.6 Å². The first-order valence-corrected chi connectivity index (χ1v) is 11.7. The maximum absolute atomic E-state index is 13.1. The summed E-state index contributed by atoms with van der Waals surface area (Å²) >= 11 is 3.59. The Labute approximate surface area is 168 Å². The van der Waals surface area contributed by atoms with Crippen molar-refractivity contribution in [2.24, 2.45) is 5.92 Å². The van der Waals surface area contributed by atoms with Crippen LogP contribution in [0.15, 0.2) is 40.3 Å². The highest BCUT2D eigenvalue weighted by Crippen LogP contribution is 2.32. The summed E-state index contributed by atoms with van der Waals surface area (Å²) < 4.78 is 2.27. The first-order valence-electron chi connectivity index (χ1n) is 9.85. The molecule has 4 rings (SSSR count). The molecule has 0 aliphatic heterocycles. The van der Waals surface area contributed by atoms with Gasteiger partial charge in [0, 0.05) is 16.2 Å². The van der Waals surface area contributed by atoms with Crippen molar-refractivity contribution < 1.29 is 0 Å². The van der Waals surface area contributed by atoms with Gasteiger partial charge in [0.1, 0.15) is 10.3 Å². The van der Waals surface area contributed by atoms with E-state index in [1.807, 2.05) is 6.07 Å². The maximum atomic E-state index is 13.1. The molecule has 2 aromatic heterocycles. The van der Waals surface area contributed by atoms with Crippen molar-refractivity contribution in [2.75, 3.05) is 5.75 Å². The Balaban J connectivity index is 1.80. The zero-order valence-corrected chi connectivity index (χ0v) is 17.7. The summed E-state index contributed by atoms with van der Waals surface area (Å²) in [5.74, 6) is 1.71. The van der Waals surface area contributed by atoms with E-state index in [1.54, 1.807) is 23.1 Å². The third-order valence-electron chi connectivity index (χ3n) is 5.12. The van der Waals surface area contributed by atoms with Crippen LogP contribution >= 0.6 is 23.1 Å². The number of hydrogen-bond acceptors (Lipinski definition) is 4. The fourth-order valence-corrected chi connectivity index (χ4v) is 6.15. The van der Waals surface area contributed by atoms with Crippen molar-refractivity contribution in [2.45, 2.75) is 57.7 Å². The zero-order chi connectivity index (χ0) is 18.8. The Morgan fingerprint density at radius 1 is 1.19 bits per heavy atom. The SMILES string of the molecule is CC(C)CCSc1nc2c(=O)c3c(sc2n1Cc1ccccc1)CCCC3. The fourth-order valence-electron chi connectivity index (χ4n) is 3.56. The van der Waals surface area contributed by atoms with Crippen LogP contribution in [0.4, 0.5) is 0 Å². The second kappa shape index (κ2) is 8.19. The predicted molar refractivity (Wildman–Crippen MR) is 116 cm³/mol. The van der Waals surface area contributed by atoms with Crippen LogP contribution in [-0.4, -0.2) is 15.3 Å². The summed E-state index contributed by atoms with van der Waals surface area (Å²) in [6.07, 6.45) is 5.43. The average molecular weight is 399 g/mol. The minimum Gasteiger partial charge on any atom is -0.306 e. The molecule has 0 atom stereocenters. The lowest BCUT2D eigenvalue weighted by Gasteiger charge is -2.14. The summed E-state index contributed by atoms with van der Waals surface area (Å²) in [7, 11) is 0. The molecule has 1 aromatic carbocycles. The summed E-state index contributed by atoms with van der Waals surface area (Å²) in [5, 5.41) is 0.991. The quantitative estimate of drug-likeness (QED) is 0.513. The van der Waals surface area contributed by atoms with Crippen LogP contribution in [0, 0.1) is 5.92 Å². The maximum Gasteiger partial charge on any atom is 0.211 e. The third-order valence-corrected chi connectivity index (χ3v) is 7.44. The molecule has 0 saturated carbocycles. The lowest BCUT2D eigenvalue weighted by molar-refractivity contribution is 0.630. The molecule has 2 heterocycles. The molecular formula is C22H26N2OS2. The van der Waals surface area contributed by atoms with Gasteiger partial charge >= 0.3 is 0 Å². The van der Waals surface area contributed by atoms with E-state index < -0.39 is 0 Å². The van der Waals surface area contributed by atoms with E-state index >= 15 is 0 Å². The van der Waals surface area contributed by atoms with Gasteiger partial charge in [-0.2, -0.15) is 0 Å². The van der Waals surface area contributed by atoms with Crippen molar-refractivity contribution in [3.63, 3.8) is 0 Å². The first-order chi connectivity index (χ1) is 13.1. The van der Waals surface area contributed by atoms with Gasteiger partial charge in [0.25, 0.3) is 0 Å². The van der Waals surface area contributed by atoms with Crippen LogP contribution in [-0.2, 0) is 19.4 Å². The molecule has 1 aliphatic carbocycles. The van der Waals surface area contributed by atoms with Gasteiger partial charge < -0.3 is 4.57 Å². The number of imidazole rings is 1. The molecule has 0 fully saturated rings. The van der Waals surface area contributed by atoms with E-state index in [0.717, 1.165) is 53.5 Å². The Kier molecular flexibility index (Phi) is 5.69. The second-order valence-electron chi connectivity index (χ2n) is 7.69. The normalized spacial score (nSPS) is 14.0. The van der Waals surface area contributed by atoms with Gasteiger partial charge in [-0.05, 0) is 43.6 Å². The van der Waals surface area contributed by atoms with Gasteiger partial charge in [0.05, 0.1) is 6.54 Å². The summed E-state index contributed by atoms with van der Waals surface area (Å²) in [6, 6.07) is 10.5. The monoisotopic (exact) mass is 398 g/mol. The van der Waals surface area contributed by atoms with E-state index in [9.17, 15) is 4.79 Å². The Bertz CT molecular complexity index is 989. The number of benzene rings is 1. The highest BCUT2D eigenvalue weighted by Gasteiger charge is 2.21. The number of fused-ring (bicyclic) bond motifs is 2. The standard InChI is InChI=1S/C22H26N2OS2/c1-15(2)12-13-26-22-23-19-20(25)17-10-6-7-11-18(17)27-21(19)24(22)14-16-8-4-3-5-9-16/h3-5,8-9,15H,6-7,10-14H2,1-2H3. The molecule has 0 bridgehead atoms. The molecule has 0 unspecified atom stereocenters. The average Bonchev–Trinajstić information content (AvgIpc) is 3.00. The van der Waals surface area contributed by atoms with E-state index in [0.29, 0.717) is 11.4 Å². The summed E-state index contributed by atoms with van der Waals surface area (Å²) in [6.45, 7) is 5.27. The van der Waals surface area contributed by atoms with Crippen LogP contribution in [0.3, 0.4) is 0 Å². The van der Waals surface area contributed by atoms with Crippen molar-refractivity contribution in [1.82, 2.24) is 9.55 Å². The number of nitrogens with zero attached hydrogens (tertiary/aromatic N) is 2. The lowest BCUT2D eigenvalue weighted by Crippen LogP contribution is -2.15. The molecule has 27 heavy (non-hydrogen) atoms. The van der Waals surface area contributed by atoms with Crippen LogP contribution in [0.5, 0.6) is 0 Å². The largest absolute Gasteiger partial charge is 0.306 e. The van der Waals surface area contributed by atoms with Gasteiger partial charge in [0.2, 0.25) is 5.43 Å². The molecule has 5 heteroatoms. The zero-order valence-electron chi connectivity index (χ0n) is 16.0. The molecule has 0 N–H and O–H groups in total. The minimum absolute atomic E-state index is 0.177. The highest BCUT2D eigenvalue weighted by atomic mass is 32.2. The van der Waals surface area contributed by atoms with Crippen LogP contribution in [0.2, 0.25) is 0 Å². The topological polar surface area (TPSA) is 34.9 Å². The number of hydrogen-bond donors (Lipinski definition) is 0. The third kappa shape index (κ3) is 3.99. The van der Waals surface area contributed by atoms with E-state index in [2.05, 4.69) is 42.7 Å². The van der Waals surface area contributed by atoms with E-state index in [-0.39, 0.29) is 5.43 Å². The lowest BCUT2D eigenvalue weighted by atomic mass is 9.98. The molecule has 0 spiro atoms. The molecule has 0 radical (unpaired) electrons. The van der Waals surface area contributed by atoms with Gasteiger partial charge in [-0.3, -0.25) is 4.79 Å².